The third kappa shape index (κ3) is 4.02. The minimum atomic E-state index is -3.99. The van der Waals surface area contributed by atoms with Crippen LogP contribution in [0, 0.1) is 0 Å². The molecule has 1 N–H and O–H groups in total. The van der Waals surface area contributed by atoms with E-state index in [1.165, 1.54) is 36.5 Å². The van der Waals surface area contributed by atoms with E-state index in [9.17, 15) is 17.2 Å². The first-order valence-electron chi connectivity index (χ1n) is 5.57. The molecule has 0 amide bonds. The fourth-order valence-corrected chi connectivity index (χ4v) is 2.83. The molecule has 1 aromatic carbocycles. The third-order valence-corrected chi connectivity index (χ3v) is 3.93. The van der Waals surface area contributed by atoms with Crippen LogP contribution in [0.15, 0.2) is 47.5 Å². The van der Waals surface area contributed by atoms with Crippen LogP contribution < -0.4 is 9.46 Å². The lowest BCUT2D eigenvalue weighted by atomic mass is 10.3. The van der Waals surface area contributed by atoms with Crippen molar-refractivity contribution in [3.05, 3.63) is 47.7 Å². The number of hydrogen-bond acceptors (Lipinski definition) is 4. The molecular formula is C12H9ClF2N2O3S. The molecule has 0 aliphatic heterocycles. The molecule has 0 unspecified atom stereocenters. The fraction of sp³-hybridized carbons (Fsp3) is 0.0833. The van der Waals surface area contributed by atoms with Gasteiger partial charge in [0.1, 0.15) is 10.9 Å². The highest BCUT2D eigenvalue weighted by Crippen LogP contribution is 2.28. The summed E-state index contributed by atoms with van der Waals surface area (Å²) < 4.78 is 55.3. The van der Waals surface area contributed by atoms with Crippen LogP contribution in [-0.4, -0.2) is 20.0 Å². The molecule has 0 atom stereocenters. The molecule has 112 valence electrons. The van der Waals surface area contributed by atoms with Crippen LogP contribution in [0.2, 0.25) is 5.15 Å². The van der Waals surface area contributed by atoms with Crippen molar-refractivity contribution in [1.29, 1.82) is 0 Å². The number of anilines is 1. The standard InChI is InChI=1S/C12H9ClF2N2O3S/c13-11-7-8(5-6-16-11)21(18,19)17-9-3-1-2-4-10(9)20-12(14)15/h1-7,12,17H. The summed E-state index contributed by atoms with van der Waals surface area (Å²) >= 11 is 5.63. The van der Waals surface area contributed by atoms with Gasteiger partial charge in [-0.3, -0.25) is 4.72 Å². The van der Waals surface area contributed by atoms with E-state index in [1.54, 1.807) is 0 Å². The average molecular weight is 335 g/mol. The normalized spacial score (nSPS) is 11.4. The van der Waals surface area contributed by atoms with Crippen molar-refractivity contribution in [2.45, 2.75) is 11.5 Å². The van der Waals surface area contributed by atoms with Gasteiger partial charge in [0.05, 0.1) is 10.6 Å². The maximum Gasteiger partial charge on any atom is 0.387 e. The predicted octanol–water partition coefficient (Wildman–Crippen LogP) is 3.14. The average Bonchev–Trinajstić information content (AvgIpc) is 2.40. The summed E-state index contributed by atoms with van der Waals surface area (Å²) in [7, 11) is -3.99. The number of pyridine rings is 1. The zero-order chi connectivity index (χ0) is 15.5. The highest BCUT2D eigenvalue weighted by Gasteiger charge is 2.18. The van der Waals surface area contributed by atoms with E-state index >= 15 is 0 Å². The van der Waals surface area contributed by atoms with Gasteiger partial charge in [-0.2, -0.15) is 8.78 Å². The zero-order valence-electron chi connectivity index (χ0n) is 10.3. The van der Waals surface area contributed by atoms with Gasteiger partial charge in [0.2, 0.25) is 0 Å². The van der Waals surface area contributed by atoms with Gasteiger partial charge in [-0.15, -0.1) is 0 Å². The number of sulfonamides is 1. The minimum absolute atomic E-state index is 0.00464. The Morgan fingerprint density at radius 2 is 1.95 bits per heavy atom. The Labute approximate surface area is 124 Å². The predicted molar refractivity (Wildman–Crippen MR) is 73.1 cm³/mol. The van der Waals surface area contributed by atoms with Gasteiger partial charge in [-0.1, -0.05) is 23.7 Å². The molecule has 0 aliphatic carbocycles. The number of ether oxygens (including phenoxy) is 1. The summed E-state index contributed by atoms with van der Waals surface area (Å²) in [4.78, 5) is 3.52. The molecule has 1 aromatic heterocycles. The van der Waals surface area contributed by atoms with Gasteiger partial charge >= 0.3 is 6.61 Å². The minimum Gasteiger partial charge on any atom is -0.433 e. The summed E-state index contributed by atoms with van der Waals surface area (Å²) in [5.41, 5.74) is -0.106. The lowest BCUT2D eigenvalue weighted by molar-refractivity contribution is -0.0493. The second-order valence-electron chi connectivity index (χ2n) is 3.79. The maximum absolute atomic E-state index is 12.3. The summed E-state index contributed by atoms with van der Waals surface area (Å²) in [5, 5.41) is -0.00464. The molecule has 0 saturated carbocycles. The number of hydrogen-bond donors (Lipinski definition) is 1. The lowest BCUT2D eigenvalue weighted by Gasteiger charge is -2.12. The molecule has 5 nitrogen and oxygen atoms in total. The number of halogens is 3. The van der Waals surface area contributed by atoms with Crippen molar-refractivity contribution in [2.24, 2.45) is 0 Å². The van der Waals surface area contributed by atoms with E-state index in [-0.39, 0.29) is 21.5 Å². The molecule has 0 saturated heterocycles. The second-order valence-corrected chi connectivity index (χ2v) is 5.86. The van der Waals surface area contributed by atoms with Gasteiger partial charge in [-0.05, 0) is 24.3 Å². The molecule has 0 radical (unpaired) electrons. The number of alkyl halides is 2. The summed E-state index contributed by atoms with van der Waals surface area (Å²) in [6.07, 6.45) is 1.22. The number of nitrogens with zero attached hydrogens (tertiary/aromatic N) is 1. The van der Waals surface area contributed by atoms with Crippen LogP contribution in [-0.2, 0) is 10.0 Å². The number of para-hydroxylation sites is 2. The smallest absolute Gasteiger partial charge is 0.387 e. The zero-order valence-corrected chi connectivity index (χ0v) is 11.9. The Balaban J connectivity index is 2.33. The molecule has 21 heavy (non-hydrogen) atoms. The van der Waals surface area contributed by atoms with Gasteiger partial charge in [0.15, 0.2) is 0 Å². The topological polar surface area (TPSA) is 68.3 Å². The van der Waals surface area contributed by atoms with E-state index in [2.05, 4.69) is 14.4 Å². The fourth-order valence-electron chi connectivity index (χ4n) is 1.51. The van der Waals surface area contributed by atoms with Crippen molar-refractivity contribution in [3.8, 4) is 5.75 Å². The van der Waals surface area contributed by atoms with Crippen LogP contribution >= 0.6 is 11.6 Å². The molecule has 2 aromatic rings. The first kappa shape index (κ1) is 15.5. The van der Waals surface area contributed by atoms with Crippen LogP contribution in [0.3, 0.4) is 0 Å². The number of aromatic nitrogens is 1. The molecule has 0 fully saturated rings. The van der Waals surface area contributed by atoms with E-state index < -0.39 is 16.6 Å². The van der Waals surface area contributed by atoms with Gasteiger partial charge in [0, 0.05) is 6.20 Å². The van der Waals surface area contributed by atoms with Crippen molar-refractivity contribution >= 4 is 27.3 Å². The Morgan fingerprint density at radius 3 is 2.62 bits per heavy atom. The number of nitrogens with one attached hydrogen (secondary N) is 1. The highest BCUT2D eigenvalue weighted by atomic mass is 35.5. The molecular weight excluding hydrogens is 326 g/mol. The van der Waals surface area contributed by atoms with E-state index in [1.807, 2.05) is 0 Å². The Morgan fingerprint density at radius 1 is 1.24 bits per heavy atom. The summed E-state index contributed by atoms with van der Waals surface area (Å²) in [6, 6.07) is 7.82. The van der Waals surface area contributed by atoms with E-state index in [0.717, 1.165) is 6.07 Å². The van der Waals surface area contributed by atoms with E-state index in [0.29, 0.717) is 0 Å². The molecule has 0 bridgehead atoms. The van der Waals surface area contributed by atoms with Crippen molar-refractivity contribution in [2.75, 3.05) is 4.72 Å². The lowest BCUT2D eigenvalue weighted by Crippen LogP contribution is -2.14. The van der Waals surface area contributed by atoms with Crippen molar-refractivity contribution < 1.29 is 21.9 Å². The molecule has 9 heteroatoms. The van der Waals surface area contributed by atoms with Gasteiger partial charge in [0.25, 0.3) is 10.0 Å². The van der Waals surface area contributed by atoms with Crippen LogP contribution in [0.5, 0.6) is 5.75 Å². The van der Waals surface area contributed by atoms with Crippen LogP contribution in [0.4, 0.5) is 14.5 Å². The molecule has 0 spiro atoms. The maximum atomic E-state index is 12.3. The molecule has 2 rings (SSSR count). The number of benzene rings is 1. The number of rotatable bonds is 5. The van der Waals surface area contributed by atoms with Crippen molar-refractivity contribution in [1.82, 2.24) is 4.98 Å². The Hall–Kier alpha value is -1.93. The SMILES string of the molecule is O=S(=O)(Nc1ccccc1OC(F)F)c1ccnc(Cl)c1. The second kappa shape index (κ2) is 6.23. The summed E-state index contributed by atoms with van der Waals surface area (Å²) in [5.74, 6) is -0.281. The van der Waals surface area contributed by atoms with E-state index in [4.69, 9.17) is 11.6 Å². The van der Waals surface area contributed by atoms with Crippen LogP contribution in [0.25, 0.3) is 0 Å². The first-order valence-corrected chi connectivity index (χ1v) is 7.43. The molecule has 1 heterocycles. The molecule has 0 aliphatic rings. The van der Waals surface area contributed by atoms with Crippen molar-refractivity contribution in [3.63, 3.8) is 0 Å². The van der Waals surface area contributed by atoms with Gasteiger partial charge in [-0.25, -0.2) is 13.4 Å². The largest absolute Gasteiger partial charge is 0.433 e. The monoisotopic (exact) mass is 334 g/mol. The third-order valence-electron chi connectivity index (χ3n) is 2.36. The Kier molecular flexibility index (Phi) is 4.59. The van der Waals surface area contributed by atoms with Gasteiger partial charge < -0.3 is 4.74 Å². The first-order chi connectivity index (χ1) is 9.88. The Bertz CT molecular complexity index is 741. The highest BCUT2D eigenvalue weighted by molar-refractivity contribution is 7.92. The van der Waals surface area contributed by atoms with Crippen LogP contribution in [0.1, 0.15) is 0 Å². The quantitative estimate of drug-likeness (QED) is 0.853. The summed E-state index contributed by atoms with van der Waals surface area (Å²) in [6.45, 7) is -3.06.